The van der Waals surface area contributed by atoms with Gasteiger partial charge in [0.1, 0.15) is 5.75 Å². The molecule has 1 fully saturated rings. The van der Waals surface area contributed by atoms with Gasteiger partial charge in [-0.25, -0.2) is 8.42 Å². The van der Waals surface area contributed by atoms with Gasteiger partial charge in [-0.15, -0.1) is 0 Å². The number of likely N-dealkylation sites (tertiary alicyclic amines) is 1. The first-order valence-corrected chi connectivity index (χ1v) is 10.0. The van der Waals surface area contributed by atoms with Gasteiger partial charge in [-0.2, -0.15) is 0 Å². The highest BCUT2D eigenvalue weighted by Crippen LogP contribution is 2.27. The molecule has 1 aliphatic heterocycles. The molecular formula is C18H19ClN2O4S. The molecule has 0 unspecified atom stereocenters. The molecule has 6 nitrogen and oxygen atoms in total. The lowest BCUT2D eigenvalue weighted by Crippen LogP contribution is -2.28. The first-order valence-electron chi connectivity index (χ1n) is 8.16. The number of anilines is 1. The normalized spacial score (nSPS) is 14.3. The zero-order valence-electron chi connectivity index (χ0n) is 14.2. The minimum atomic E-state index is -3.87. The van der Waals surface area contributed by atoms with Gasteiger partial charge in [-0.05, 0) is 55.3 Å². The Hall–Kier alpha value is -2.25. The maximum atomic E-state index is 12.7. The number of methoxy groups -OCH3 is 1. The number of amides is 1. The minimum absolute atomic E-state index is 0.0675. The number of carbonyl (C=O) groups is 1. The van der Waals surface area contributed by atoms with Crippen LogP contribution >= 0.6 is 11.6 Å². The number of ether oxygens (including phenoxy) is 1. The van der Waals surface area contributed by atoms with Crippen LogP contribution in [0.1, 0.15) is 23.2 Å². The summed E-state index contributed by atoms with van der Waals surface area (Å²) in [6.45, 7) is 1.35. The fourth-order valence-corrected chi connectivity index (χ4v) is 4.08. The Morgan fingerprint density at radius 3 is 2.38 bits per heavy atom. The summed E-state index contributed by atoms with van der Waals surface area (Å²) in [4.78, 5) is 14.5. The SMILES string of the molecule is COc1ccc(S(=O)(=O)Nc2cc(Cl)ccc2C(=O)N2CCCC2)cc1. The molecule has 0 bridgehead atoms. The number of halogens is 1. The lowest BCUT2D eigenvalue weighted by Gasteiger charge is -2.18. The van der Waals surface area contributed by atoms with Gasteiger partial charge in [0.15, 0.2) is 0 Å². The van der Waals surface area contributed by atoms with Gasteiger partial charge in [-0.1, -0.05) is 11.6 Å². The third-order valence-electron chi connectivity index (χ3n) is 4.22. The van der Waals surface area contributed by atoms with Crippen molar-refractivity contribution in [3.8, 4) is 5.75 Å². The van der Waals surface area contributed by atoms with Crippen molar-refractivity contribution in [3.05, 3.63) is 53.1 Å². The van der Waals surface area contributed by atoms with Gasteiger partial charge in [0.25, 0.3) is 15.9 Å². The molecule has 1 aliphatic rings. The monoisotopic (exact) mass is 394 g/mol. The predicted molar refractivity (Wildman–Crippen MR) is 100 cm³/mol. The van der Waals surface area contributed by atoms with Gasteiger partial charge in [-0.3, -0.25) is 9.52 Å². The van der Waals surface area contributed by atoms with E-state index in [0.29, 0.717) is 23.9 Å². The van der Waals surface area contributed by atoms with Crippen molar-refractivity contribution in [1.82, 2.24) is 4.90 Å². The van der Waals surface area contributed by atoms with Crippen LogP contribution in [-0.4, -0.2) is 39.4 Å². The molecular weight excluding hydrogens is 376 g/mol. The molecule has 2 aromatic rings. The standard InChI is InChI=1S/C18H19ClN2O4S/c1-25-14-5-7-15(8-6-14)26(23,24)20-17-12-13(19)4-9-16(17)18(22)21-10-2-3-11-21/h4-9,12,20H,2-3,10-11H2,1H3. The maximum Gasteiger partial charge on any atom is 0.261 e. The van der Waals surface area contributed by atoms with E-state index in [1.807, 2.05) is 0 Å². The van der Waals surface area contributed by atoms with Crippen molar-refractivity contribution >= 4 is 33.2 Å². The zero-order valence-corrected chi connectivity index (χ0v) is 15.8. The molecule has 0 radical (unpaired) electrons. The highest BCUT2D eigenvalue weighted by Gasteiger charge is 2.24. The van der Waals surface area contributed by atoms with E-state index >= 15 is 0 Å². The molecule has 2 aromatic carbocycles. The first-order chi connectivity index (χ1) is 12.4. The smallest absolute Gasteiger partial charge is 0.261 e. The molecule has 1 amide bonds. The van der Waals surface area contributed by atoms with Gasteiger partial charge < -0.3 is 9.64 Å². The van der Waals surface area contributed by atoms with Crippen LogP contribution < -0.4 is 9.46 Å². The number of benzene rings is 2. The predicted octanol–water partition coefficient (Wildman–Crippen LogP) is 3.39. The van der Waals surface area contributed by atoms with E-state index in [0.717, 1.165) is 12.8 Å². The largest absolute Gasteiger partial charge is 0.497 e. The van der Waals surface area contributed by atoms with Crippen molar-refractivity contribution in [2.45, 2.75) is 17.7 Å². The van der Waals surface area contributed by atoms with Crippen LogP contribution in [0.15, 0.2) is 47.4 Å². The number of hydrogen-bond donors (Lipinski definition) is 1. The fourth-order valence-electron chi connectivity index (χ4n) is 2.84. The average molecular weight is 395 g/mol. The van der Waals surface area contributed by atoms with Crippen LogP contribution in [0.4, 0.5) is 5.69 Å². The van der Waals surface area contributed by atoms with Crippen LogP contribution in [0.25, 0.3) is 0 Å². The molecule has 1 heterocycles. The highest BCUT2D eigenvalue weighted by molar-refractivity contribution is 7.92. The van der Waals surface area contributed by atoms with E-state index in [4.69, 9.17) is 16.3 Å². The molecule has 0 aromatic heterocycles. The van der Waals surface area contributed by atoms with Gasteiger partial charge in [0.2, 0.25) is 0 Å². The summed E-state index contributed by atoms with van der Waals surface area (Å²) in [5, 5.41) is 0.343. The van der Waals surface area contributed by atoms with Gasteiger partial charge in [0, 0.05) is 18.1 Å². The Kier molecular flexibility index (Phi) is 5.38. The van der Waals surface area contributed by atoms with E-state index in [1.165, 1.54) is 25.3 Å². The summed E-state index contributed by atoms with van der Waals surface area (Å²) in [5.41, 5.74) is 0.457. The van der Waals surface area contributed by atoms with E-state index in [1.54, 1.807) is 29.2 Å². The Balaban J connectivity index is 1.92. The number of hydrogen-bond acceptors (Lipinski definition) is 4. The topological polar surface area (TPSA) is 75.7 Å². The summed E-state index contributed by atoms with van der Waals surface area (Å²) in [6, 6.07) is 10.6. The molecule has 0 atom stereocenters. The van der Waals surface area contributed by atoms with Crippen LogP contribution in [0.2, 0.25) is 5.02 Å². The van der Waals surface area contributed by atoms with E-state index < -0.39 is 10.0 Å². The molecule has 1 N–H and O–H groups in total. The Labute approximate surface area is 157 Å². The second-order valence-electron chi connectivity index (χ2n) is 5.97. The fraction of sp³-hybridized carbons (Fsp3) is 0.278. The van der Waals surface area contributed by atoms with Crippen LogP contribution in [0.5, 0.6) is 5.75 Å². The highest BCUT2D eigenvalue weighted by atomic mass is 35.5. The molecule has 0 aliphatic carbocycles. The molecule has 138 valence electrons. The van der Waals surface area contributed by atoms with Crippen LogP contribution in [-0.2, 0) is 10.0 Å². The lowest BCUT2D eigenvalue weighted by atomic mass is 10.1. The van der Waals surface area contributed by atoms with E-state index in [2.05, 4.69) is 4.72 Å². The minimum Gasteiger partial charge on any atom is -0.497 e. The Bertz CT molecular complexity index is 907. The molecule has 1 saturated heterocycles. The summed E-state index contributed by atoms with van der Waals surface area (Å²) in [6.07, 6.45) is 1.90. The maximum absolute atomic E-state index is 12.7. The first kappa shape index (κ1) is 18.5. The molecule has 8 heteroatoms. The third-order valence-corrected chi connectivity index (χ3v) is 5.84. The molecule has 3 rings (SSSR count). The van der Waals surface area contributed by atoms with Gasteiger partial charge >= 0.3 is 0 Å². The molecule has 0 saturated carbocycles. The third kappa shape index (κ3) is 3.94. The number of nitrogens with one attached hydrogen (secondary N) is 1. The summed E-state index contributed by atoms with van der Waals surface area (Å²) in [7, 11) is -2.37. The zero-order chi connectivity index (χ0) is 18.7. The van der Waals surface area contributed by atoms with Crippen molar-refractivity contribution in [3.63, 3.8) is 0 Å². The average Bonchev–Trinajstić information content (AvgIpc) is 3.16. The van der Waals surface area contributed by atoms with Crippen LogP contribution in [0, 0.1) is 0 Å². The van der Waals surface area contributed by atoms with E-state index in [-0.39, 0.29) is 22.1 Å². The number of rotatable bonds is 5. The second kappa shape index (κ2) is 7.55. The van der Waals surface area contributed by atoms with E-state index in [9.17, 15) is 13.2 Å². The Morgan fingerprint density at radius 1 is 1.12 bits per heavy atom. The summed E-state index contributed by atoms with van der Waals surface area (Å²) >= 11 is 6.02. The number of nitrogens with zero attached hydrogens (tertiary/aromatic N) is 1. The number of carbonyl (C=O) groups excluding carboxylic acids is 1. The van der Waals surface area contributed by atoms with Crippen molar-refractivity contribution in [2.24, 2.45) is 0 Å². The summed E-state index contributed by atoms with van der Waals surface area (Å²) < 4.78 is 32.9. The number of sulfonamides is 1. The Morgan fingerprint density at radius 2 is 1.77 bits per heavy atom. The van der Waals surface area contributed by atoms with Crippen molar-refractivity contribution in [2.75, 3.05) is 24.9 Å². The summed E-state index contributed by atoms with van der Waals surface area (Å²) in [5.74, 6) is 0.350. The lowest BCUT2D eigenvalue weighted by molar-refractivity contribution is 0.0794. The second-order valence-corrected chi connectivity index (χ2v) is 8.09. The molecule has 26 heavy (non-hydrogen) atoms. The van der Waals surface area contributed by atoms with Crippen LogP contribution in [0.3, 0.4) is 0 Å². The van der Waals surface area contributed by atoms with Gasteiger partial charge in [0.05, 0.1) is 23.3 Å². The van der Waals surface area contributed by atoms with Crippen molar-refractivity contribution in [1.29, 1.82) is 0 Å². The molecule has 0 spiro atoms. The quantitative estimate of drug-likeness (QED) is 0.843. The van der Waals surface area contributed by atoms with Crippen molar-refractivity contribution < 1.29 is 17.9 Å².